The zero-order valence-electron chi connectivity index (χ0n) is 16.2. The van der Waals surface area contributed by atoms with Crippen molar-refractivity contribution in [2.45, 2.75) is 6.42 Å². The number of likely N-dealkylation sites (tertiary alicyclic amines) is 1. The van der Waals surface area contributed by atoms with E-state index in [1.54, 1.807) is 35.4 Å². The molecule has 1 fully saturated rings. The molecule has 1 saturated heterocycles. The summed E-state index contributed by atoms with van der Waals surface area (Å²) in [6.45, 7) is 1.94. The maximum atomic E-state index is 12.6. The fourth-order valence-electron chi connectivity index (χ4n) is 3.77. The Balaban J connectivity index is 1.13. The second kappa shape index (κ2) is 7.58. The van der Waals surface area contributed by atoms with Crippen LogP contribution in [0.3, 0.4) is 0 Å². The van der Waals surface area contributed by atoms with Crippen LogP contribution in [0.4, 0.5) is 10.5 Å². The molecule has 3 aromatic rings. The van der Waals surface area contributed by atoms with E-state index < -0.39 is 0 Å². The molecule has 154 valence electrons. The highest BCUT2D eigenvalue weighted by Crippen LogP contribution is 2.34. The summed E-state index contributed by atoms with van der Waals surface area (Å²) in [7, 11) is 0. The quantitative estimate of drug-likeness (QED) is 0.616. The highest BCUT2D eigenvalue weighted by Gasteiger charge is 2.27. The highest BCUT2D eigenvalue weighted by molar-refractivity contribution is 5.97. The van der Waals surface area contributed by atoms with Crippen LogP contribution in [0, 0.1) is 5.92 Å². The summed E-state index contributed by atoms with van der Waals surface area (Å²) in [5, 5.41) is 6.74. The molecule has 3 amide bonds. The molecule has 30 heavy (non-hydrogen) atoms. The fourth-order valence-corrected chi connectivity index (χ4v) is 3.77. The van der Waals surface area contributed by atoms with Crippen molar-refractivity contribution in [2.24, 2.45) is 5.92 Å². The third-order valence-electron chi connectivity index (χ3n) is 5.38. The Kier molecular flexibility index (Phi) is 4.62. The molecule has 0 unspecified atom stereocenters. The summed E-state index contributed by atoms with van der Waals surface area (Å²) in [6, 6.07) is 10.7. The molecule has 4 heterocycles. The molecule has 0 bridgehead atoms. The number of urea groups is 1. The van der Waals surface area contributed by atoms with Gasteiger partial charge in [0.2, 0.25) is 6.79 Å². The van der Waals surface area contributed by atoms with E-state index in [2.05, 4.69) is 20.6 Å². The van der Waals surface area contributed by atoms with Gasteiger partial charge in [-0.3, -0.25) is 4.79 Å². The number of hydrogen-bond acceptors (Lipinski definition) is 5. The number of ether oxygens (including phenoxy) is 2. The maximum absolute atomic E-state index is 12.6. The Labute approximate surface area is 172 Å². The van der Waals surface area contributed by atoms with Gasteiger partial charge in [-0.05, 0) is 42.7 Å². The van der Waals surface area contributed by atoms with Gasteiger partial charge in [0.25, 0.3) is 5.91 Å². The fraction of sp³-hybridized carbons (Fsp3) is 0.286. The smallest absolute Gasteiger partial charge is 0.321 e. The van der Waals surface area contributed by atoms with Crippen molar-refractivity contribution in [2.75, 3.05) is 31.7 Å². The lowest BCUT2D eigenvalue weighted by Gasteiger charge is -2.18. The maximum Gasteiger partial charge on any atom is 0.321 e. The molecule has 2 aliphatic rings. The van der Waals surface area contributed by atoms with Crippen LogP contribution in [0.25, 0.3) is 11.0 Å². The second-order valence-corrected chi connectivity index (χ2v) is 7.43. The van der Waals surface area contributed by atoms with Crippen molar-refractivity contribution in [3.63, 3.8) is 0 Å². The lowest BCUT2D eigenvalue weighted by Crippen LogP contribution is -2.35. The van der Waals surface area contributed by atoms with E-state index in [0.717, 1.165) is 11.8 Å². The Morgan fingerprint density at radius 1 is 1.20 bits per heavy atom. The number of aromatic nitrogens is 2. The predicted octanol–water partition coefficient (Wildman–Crippen LogP) is 2.58. The van der Waals surface area contributed by atoms with Crippen LogP contribution in [-0.2, 0) is 0 Å². The molecule has 1 aromatic carbocycles. The van der Waals surface area contributed by atoms with E-state index in [4.69, 9.17) is 9.47 Å². The van der Waals surface area contributed by atoms with Crippen LogP contribution in [0.1, 0.15) is 16.9 Å². The van der Waals surface area contributed by atoms with Gasteiger partial charge < -0.3 is 30.0 Å². The molecule has 0 aliphatic carbocycles. The van der Waals surface area contributed by atoms with Crippen LogP contribution < -0.4 is 20.1 Å². The monoisotopic (exact) mass is 407 g/mol. The lowest BCUT2D eigenvalue weighted by molar-refractivity contribution is 0.0943. The first kappa shape index (κ1) is 18.3. The summed E-state index contributed by atoms with van der Waals surface area (Å²) in [6.07, 6.45) is 2.52. The normalized spacial score (nSPS) is 17.3. The minimum absolute atomic E-state index is 0.163. The second-order valence-electron chi connectivity index (χ2n) is 7.43. The number of nitrogens with zero attached hydrogens (tertiary/aromatic N) is 2. The number of pyridine rings is 1. The molecule has 2 aromatic heterocycles. The van der Waals surface area contributed by atoms with Crippen molar-refractivity contribution in [3.05, 3.63) is 48.3 Å². The van der Waals surface area contributed by atoms with Gasteiger partial charge in [-0.2, -0.15) is 0 Å². The van der Waals surface area contributed by atoms with Crippen molar-refractivity contribution in [3.8, 4) is 11.5 Å². The minimum Gasteiger partial charge on any atom is -0.454 e. The third-order valence-corrected chi connectivity index (χ3v) is 5.38. The van der Waals surface area contributed by atoms with Gasteiger partial charge in [-0.25, -0.2) is 9.78 Å². The van der Waals surface area contributed by atoms with Gasteiger partial charge in [0.05, 0.1) is 0 Å². The first-order valence-electron chi connectivity index (χ1n) is 9.83. The number of aromatic amines is 1. The number of nitrogens with one attached hydrogen (secondary N) is 3. The van der Waals surface area contributed by atoms with Crippen molar-refractivity contribution in [1.82, 2.24) is 20.2 Å². The minimum atomic E-state index is -0.170. The van der Waals surface area contributed by atoms with Crippen LogP contribution in [0.5, 0.6) is 11.5 Å². The Morgan fingerprint density at radius 3 is 3.00 bits per heavy atom. The molecule has 9 nitrogen and oxygen atoms in total. The molecule has 0 spiro atoms. The van der Waals surface area contributed by atoms with E-state index in [0.29, 0.717) is 48.2 Å². The van der Waals surface area contributed by atoms with E-state index >= 15 is 0 Å². The van der Waals surface area contributed by atoms with Crippen LogP contribution in [0.15, 0.2) is 42.6 Å². The molecular weight excluding hydrogens is 386 g/mol. The number of rotatable bonds is 4. The molecule has 5 rings (SSSR count). The van der Waals surface area contributed by atoms with E-state index in [1.807, 2.05) is 12.1 Å². The van der Waals surface area contributed by atoms with Gasteiger partial charge in [0.1, 0.15) is 11.3 Å². The van der Waals surface area contributed by atoms with Crippen molar-refractivity contribution < 1.29 is 19.1 Å². The van der Waals surface area contributed by atoms with Crippen LogP contribution in [0.2, 0.25) is 0 Å². The zero-order valence-corrected chi connectivity index (χ0v) is 16.2. The number of hydrogen-bond donors (Lipinski definition) is 3. The van der Waals surface area contributed by atoms with Gasteiger partial charge >= 0.3 is 6.03 Å². The molecule has 2 aliphatic heterocycles. The van der Waals surface area contributed by atoms with Gasteiger partial charge in [0.15, 0.2) is 11.5 Å². The van der Waals surface area contributed by atoms with Gasteiger partial charge in [-0.15, -0.1) is 0 Å². The summed E-state index contributed by atoms with van der Waals surface area (Å²) in [4.78, 5) is 34.0. The van der Waals surface area contributed by atoms with Crippen molar-refractivity contribution in [1.29, 1.82) is 0 Å². The summed E-state index contributed by atoms with van der Waals surface area (Å²) < 4.78 is 10.6. The summed E-state index contributed by atoms with van der Waals surface area (Å²) in [5.41, 5.74) is 1.84. The Bertz CT molecular complexity index is 1080. The zero-order chi connectivity index (χ0) is 20.5. The third kappa shape index (κ3) is 3.61. The van der Waals surface area contributed by atoms with Crippen LogP contribution >= 0.6 is 0 Å². The molecule has 3 N–H and O–H groups in total. The number of H-pyrrole nitrogens is 1. The molecule has 9 heteroatoms. The number of amides is 3. The first-order chi connectivity index (χ1) is 14.7. The standard InChI is InChI=1S/C21H21N5O4/c27-20(16-8-14-2-1-6-22-19(14)25-16)23-10-13-5-7-26(11-13)21(28)24-15-3-4-17-18(9-15)30-12-29-17/h1-4,6,8-9,13H,5,7,10-12H2,(H,22,25)(H,23,27)(H,24,28)/t13-/m0/s1. The average Bonchev–Trinajstić information content (AvgIpc) is 3.50. The van der Waals surface area contributed by atoms with E-state index in [-0.39, 0.29) is 24.6 Å². The molecule has 0 radical (unpaired) electrons. The molecular formula is C21H21N5O4. The molecule has 1 atom stereocenters. The average molecular weight is 407 g/mol. The number of carbonyl (C=O) groups is 2. The van der Waals surface area contributed by atoms with E-state index in [9.17, 15) is 9.59 Å². The number of carbonyl (C=O) groups excluding carboxylic acids is 2. The van der Waals surface area contributed by atoms with E-state index in [1.165, 1.54) is 0 Å². The van der Waals surface area contributed by atoms with Gasteiger partial charge in [-0.1, -0.05) is 0 Å². The van der Waals surface area contributed by atoms with Gasteiger partial charge in [0, 0.05) is 43.0 Å². The highest BCUT2D eigenvalue weighted by atomic mass is 16.7. The number of anilines is 1. The summed E-state index contributed by atoms with van der Waals surface area (Å²) in [5.74, 6) is 1.34. The molecule has 0 saturated carbocycles. The topological polar surface area (TPSA) is 109 Å². The number of fused-ring (bicyclic) bond motifs is 2. The van der Waals surface area contributed by atoms with Crippen LogP contribution in [-0.4, -0.2) is 53.2 Å². The van der Waals surface area contributed by atoms with Crippen molar-refractivity contribution >= 4 is 28.7 Å². The SMILES string of the molecule is O=C(NC[C@@H]1CCN(C(=O)Nc2ccc3c(c2)OCO3)C1)c1cc2cccnc2[nH]1. The lowest BCUT2D eigenvalue weighted by atomic mass is 10.1. The Hall–Kier alpha value is -3.75. The Morgan fingerprint density at radius 2 is 2.10 bits per heavy atom. The summed E-state index contributed by atoms with van der Waals surface area (Å²) >= 11 is 0. The first-order valence-corrected chi connectivity index (χ1v) is 9.83. The number of benzene rings is 1. The largest absolute Gasteiger partial charge is 0.454 e. The predicted molar refractivity (Wildman–Crippen MR) is 110 cm³/mol.